The highest BCUT2D eigenvalue weighted by Crippen LogP contribution is 2.20. The molecule has 0 fully saturated rings. The molecule has 1 aromatic rings. The van der Waals surface area contributed by atoms with Crippen LogP contribution in [-0.2, 0) is 6.54 Å². The van der Waals surface area contributed by atoms with Crippen molar-refractivity contribution in [2.45, 2.75) is 39.8 Å². The quantitative estimate of drug-likeness (QED) is 0.773. The summed E-state index contributed by atoms with van der Waals surface area (Å²) in [4.78, 5) is 4.05. The highest BCUT2D eigenvalue weighted by Gasteiger charge is 2.15. The number of nitrogens with zero attached hydrogens (tertiary/aromatic N) is 2. The Morgan fingerprint density at radius 3 is 2.77 bits per heavy atom. The lowest BCUT2D eigenvalue weighted by molar-refractivity contribution is 0.118. The van der Waals surface area contributed by atoms with Gasteiger partial charge in [-0.05, 0) is 12.3 Å². The standard InChI is InChI=1S/C10H18N2O/c1-4-5-12-7-11-6-9(12)10(13)8(2)3/h6-8,10,13H,4-5H2,1-3H3. The van der Waals surface area contributed by atoms with Crippen molar-refractivity contribution in [1.82, 2.24) is 9.55 Å². The van der Waals surface area contributed by atoms with Crippen molar-refractivity contribution in [3.05, 3.63) is 18.2 Å². The fourth-order valence-electron chi connectivity index (χ4n) is 1.35. The van der Waals surface area contributed by atoms with Gasteiger partial charge in [-0.25, -0.2) is 4.98 Å². The third-order valence-electron chi connectivity index (χ3n) is 2.14. The zero-order chi connectivity index (χ0) is 9.84. The highest BCUT2D eigenvalue weighted by molar-refractivity contribution is 5.03. The van der Waals surface area contributed by atoms with Crippen LogP contribution in [0.5, 0.6) is 0 Å². The van der Waals surface area contributed by atoms with Crippen molar-refractivity contribution < 1.29 is 5.11 Å². The summed E-state index contributed by atoms with van der Waals surface area (Å²) in [6, 6.07) is 0. The first-order valence-corrected chi connectivity index (χ1v) is 4.85. The van der Waals surface area contributed by atoms with Crippen LogP contribution >= 0.6 is 0 Å². The summed E-state index contributed by atoms with van der Waals surface area (Å²) in [5, 5.41) is 9.83. The normalized spacial score (nSPS) is 13.6. The van der Waals surface area contributed by atoms with E-state index in [0.717, 1.165) is 18.7 Å². The van der Waals surface area contributed by atoms with Crippen molar-refractivity contribution in [3.63, 3.8) is 0 Å². The van der Waals surface area contributed by atoms with E-state index in [1.807, 2.05) is 18.4 Å². The molecule has 0 aliphatic heterocycles. The largest absolute Gasteiger partial charge is 0.387 e. The lowest BCUT2D eigenvalue weighted by Crippen LogP contribution is -2.11. The number of rotatable bonds is 4. The first kappa shape index (κ1) is 10.3. The Morgan fingerprint density at radius 1 is 1.54 bits per heavy atom. The van der Waals surface area contributed by atoms with Crippen molar-refractivity contribution in [1.29, 1.82) is 0 Å². The second-order valence-corrected chi connectivity index (χ2v) is 3.70. The van der Waals surface area contributed by atoms with E-state index in [1.54, 1.807) is 12.5 Å². The van der Waals surface area contributed by atoms with Crippen LogP contribution in [0.4, 0.5) is 0 Å². The zero-order valence-electron chi connectivity index (χ0n) is 8.57. The van der Waals surface area contributed by atoms with E-state index in [2.05, 4.69) is 11.9 Å². The Morgan fingerprint density at radius 2 is 2.23 bits per heavy atom. The highest BCUT2D eigenvalue weighted by atomic mass is 16.3. The third kappa shape index (κ3) is 2.31. The number of aliphatic hydroxyl groups excluding tert-OH is 1. The molecule has 0 radical (unpaired) electrons. The van der Waals surface area contributed by atoms with Crippen LogP contribution in [-0.4, -0.2) is 14.7 Å². The molecule has 0 spiro atoms. The molecule has 0 aliphatic carbocycles. The van der Waals surface area contributed by atoms with E-state index in [-0.39, 0.29) is 5.92 Å². The van der Waals surface area contributed by atoms with Gasteiger partial charge >= 0.3 is 0 Å². The lowest BCUT2D eigenvalue weighted by Gasteiger charge is -2.16. The molecule has 0 aliphatic rings. The summed E-state index contributed by atoms with van der Waals surface area (Å²) in [5.41, 5.74) is 0.928. The lowest BCUT2D eigenvalue weighted by atomic mass is 10.1. The van der Waals surface area contributed by atoms with Gasteiger partial charge in [-0.1, -0.05) is 20.8 Å². The van der Waals surface area contributed by atoms with E-state index in [1.165, 1.54) is 0 Å². The SMILES string of the molecule is CCCn1cncc1C(O)C(C)C. The van der Waals surface area contributed by atoms with Crippen LogP contribution in [0.2, 0.25) is 0 Å². The molecule has 1 heterocycles. The minimum Gasteiger partial charge on any atom is -0.387 e. The molecule has 1 atom stereocenters. The van der Waals surface area contributed by atoms with Gasteiger partial charge in [-0.3, -0.25) is 0 Å². The van der Waals surface area contributed by atoms with Gasteiger partial charge in [0.1, 0.15) is 0 Å². The summed E-state index contributed by atoms with van der Waals surface area (Å²) in [7, 11) is 0. The molecule has 1 N–H and O–H groups in total. The maximum atomic E-state index is 9.83. The molecule has 74 valence electrons. The Hall–Kier alpha value is -0.830. The van der Waals surface area contributed by atoms with Gasteiger partial charge in [-0.15, -0.1) is 0 Å². The number of hydrogen-bond donors (Lipinski definition) is 1. The number of aryl methyl sites for hydroxylation is 1. The first-order valence-electron chi connectivity index (χ1n) is 4.85. The Bertz CT molecular complexity index is 255. The van der Waals surface area contributed by atoms with Gasteiger partial charge in [0.2, 0.25) is 0 Å². The molecular weight excluding hydrogens is 164 g/mol. The first-order chi connectivity index (χ1) is 6.16. The summed E-state index contributed by atoms with van der Waals surface area (Å²) in [5.74, 6) is 0.243. The monoisotopic (exact) mass is 182 g/mol. The van der Waals surface area contributed by atoms with Crippen molar-refractivity contribution >= 4 is 0 Å². The van der Waals surface area contributed by atoms with Gasteiger partial charge in [-0.2, -0.15) is 0 Å². The molecule has 0 saturated heterocycles. The molecule has 1 unspecified atom stereocenters. The fraction of sp³-hybridized carbons (Fsp3) is 0.700. The Labute approximate surface area is 79.4 Å². The zero-order valence-corrected chi connectivity index (χ0v) is 8.57. The van der Waals surface area contributed by atoms with Crippen LogP contribution < -0.4 is 0 Å². The minimum absolute atomic E-state index is 0.243. The van der Waals surface area contributed by atoms with Gasteiger partial charge in [0.15, 0.2) is 0 Å². The predicted molar refractivity (Wildman–Crippen MR) is 52.3 cm³/mol. The summed E-state index contributed by atoms with van der Waals surface area (Å²) >= 11 is 0. The van der Waals surface area contributed by atoms with Crippen LogP contribution in [0.15, 0.2) is 12.5 Å². The smallest absolute Gasteiger partial charge is 0.0978 e. The summed E-state index contributed by atoms with van der Waals surface area (Å²) in [6.45, 7) is 7.06. The van der Waals surface area contributed by atoms with E-state index in [0.29, 0.717) is 0 Å². The molecule has 13 heavy (non-hydrogen) atoms. The average Bonchev–Trinajstić information content (AvgIpc) is 2.52. The van der Waals surface area contributed by atoms with Gasteiger partial charge < -0.3 is 9.67 Å². The molecular formula is C10H18N2O. The molecule has 0 saturated carbocycles. The summed E-state index contributed by atoms with van der Waals surface area (Å²) < 4.78 is 2.02. The van der Waals surface area contributed by atoms with Crippen LogP contribution in [0.1, 0.15) is 39.0 Å². The fourth-order valence-corrected chi connectivity index (χ4v) is 1.35. The van der Waals surface area contributed by atoms with Crippen LogP contribution in [0.25, 0.3) is 0 Å². The van der Waals surface area contributed by atoms with E-state index >= 15 is 0 Å². The number of aliphatic hydroxyl groups is 1. The van der Waals surface area contributed by atoms with E-state index in [4.69, 9.17) is 0 Å². The second-order valence-electron chi connectivity index (χ2n) is 3.70. The number of aromatic nitrogens is 2. The Balaban J connectivity index is 2.80. The van der Waals surface area contributed by atoms with Crippen molar-refractivity contribution in [2.75, 3.05) is 0 Å². The van der Waals surface area contributed by atoms with Gasteiger partial charge in [0.05, 0.1) is 24.3 Å². The molecule has 0 aromatic carbocycles. The molecule has 3 heteroatoms. The van der Waals surface area contributed by atoms with Crippen LogP contribution in [0, 0.1) is 5.92 Å². The minimum atomic E-state index is -0.394. The van der Waals surface area contributed by atoms with Crippen molar-refractivity contribution in [3.8, 4) is 0 Å². The number of hydrogen-bond acceptors (Lipinski definition) is 2. The van der Waals surface area contributed by atoms with E-state index < -0.39 is 6.10 Å². The third-order valence-corrected chi connectivity index (χ3v) is 2.14. The van der Waals surface area contributed by atoms with Gasteiger partial charge in [0, 0.05) is 6.54 Å². The number of imidazole rings is 1. The molecule has 1 aromatic heterocycles. The van der Waals surface area contributed by atoms with Crippen molar-refractivity contribution in [2.24, 2.45) is 5.92 Å². The van der Waals surface area contributed by atoms with E-state index in [9.17, 15) is 5.11 Å². The molecule has 1 rings (SSSR count). The Kier molecular flexibility index (Phi) is 3.48. The maximum Gasteiger partial charge on any atom is 0.0978 e. The van der Waals surface area contributed by atoms with Gasteiger partial charge in [0.25, 0.3) is 0 Å². The molecule has 3 nitrogen and oxygen atoms in total. The van der Waals surface area contributed by atoms with Crippen LogP contribution in [0.3, 0.4) is 0 Å². The molecule has 0 bridgehead atoms. The second kappa shape index (κ2) is 4.42. The molecule has 0 amide bonds. The maximum absolute atomic E-state index is 9.83. The average molecular weight is 182 g/mol. The topological polar surface area (TPSA) is 38.0 Å². The summed E-state index contributed by atoms with van der Waals surface area (Å²) in [6.07, 6.45) is 4.20. The predicted octanol–water partition coefficient (Wildman–Crippen LogP) is 1.98.